The van der Waals surface area contributed by atoms with Crippen LogP contribution in [0.15, 0.2) is 42.5 Å². The maximum atomic E-state index is 12.7. The Labute approximate surface area is 165 Å². The van der Waals surface area contributed by atoms with Crippen LogP contribution in [0.2, 0.25) is 0 Å². The summed E-state index contributed by atoms with van der Waals surface area (Å²) in [4.78, 5) is 27.7. The van der Waals surface area contributed by atoms with Crippen LogP contribution < -0.4 is 4.90 Å². The van der Waals surface area contributed by atoms with Crippen molar-refractivity contribution in [1.82, 2.24) is 9.21 Å². The van der Waals surface area contributed by atoms with Gasteiger partial charge in [-0.3, -0.25) is 9.59 Å². The van der Waals surface area contributed by atoms with Crippen LogP contribution in [-0.4, -0.2) is 62.3 Å². The first-order chi connectivity index (χ1) is 13.5. The molecule has 2 fully saturated rings. The minimum Gasteiger partial charge on any atom is -0.315 e. The van der Waals surface area contributed by atoms with Gasteiger partial charge in [0.05, 0.1) is 43.8 Å². The first kappa shape index (κ1) is 19.3. The number of piperazine rings is 1. The molecule has 2 aliphatic heterocycles. The van der Waals surface area contributed by atoms with Gasteiger partial charge in [0.25, 0.3) is 0 Å². The molecule has 1 aliphatic carbocycles. The van der Waals surface area contributed by atoms with Crippen molar-refractivity contribution in [2.75, 3.05) is 32.8 Å². The molecule has 0 bridgehead atoms. The Hall–Kier alpha value is -2.03. The van der Waals surface area contributed by atoms with Crippen LogP contribution in [0.5, 0.6) is 0 Å². The number of nitrogens with zero attached hydrogens (tertiary/aromatic N) is 2. The van der Waals surface area contributed by atoms with Gasteiger partial charge in [-0.15, -0.1) is 0 Å². The summed E-state index contributed by atoms with van der Waals surface area (Å²) in [7, 11) is -3.36. The number of quaternary nitrogens is 1. The van der Waals surface area contributed by atoms with Gasteiger partial charge in [0.1, 0.15) is 0 Å². The van der Waals surface area contributed by atoms with E-state index in [1.807, 2.05) is 42.5 Å². The monoisotopic (exact) mass is 404 g/mol. The molecule has 7 nitrogen and oxygen atoms in total. The summed E-state index contributed by atoms with van der Waals surface area (Å²) < 4.78 is 26.9. The van der Waals surface area contributed by atoms with Crippen molar-refractivity contribution in [2.24, 2.45) is 11.8 Å². The van der Waals surface area contributed by atoms with E-state index < -0.39 is 10.0 Å². The molecule has 3 aliphatic rings. The van der Waals surface area contributed by atoms with E-state index in [1.165, 1.54) is 9.21 Å². The van der Waals surface area contributed by atoms with Crippen LogP contribution in [0.25, 0.3) is 0 Å². The fourth-order valence-electron chi connectivity index (χ4n) is 4.36. The van der Waals surface area contributed by atoms with Crippen molar-refractivity contribution in [1.29, 1.82) is 0 Å². The van der Waals surface area contributed by atoms with Gasteiger partial charge in [-0.1, -0.05) is 42.5 Å². The number of carbonyl (C=O) groups is 2. The predicted octanol–water partition coefficient (Wildman–Crippen LogP) is -0.374. The van der Waals surface area contributed by atoms with E-state index >= 15 is 0 Å². The molecule has 4 rings (SSSR count). The third kappa shape index (κ3) is 3.76. The van der Waals surface area contributed by atoms with Crippen molar-refractivity contribution in [3.8, 4) is 0 Å². The summed E-state index contributed by atoms with van der Waals surface area (Å²) in [5.41, 5.74) is 0.779. The van der Waals surface area contributed by atoms with Crippen LogP contribution >= 0.6 is 0 Å². The largest absolute Gasteiger partial charge is 0.315 e. The smallest absolute Gasteiger partial charge is 0.237 e. The third-order valence-electron chi connectivity index (χ3n) is 6.00. The molecule has 2 heterocycles. The molecule has 2 atom stereocenters. The molecule has 8 heteroatoms. The number of imide groups is 1. The molecule has 2 amide bonds. The second-order valence-corrected chi connectivity index (χ2v) is 9.78. The molecule has 1 N–H and O–H groups in total. The average molecular weight is 405 g/mol. The van der Waals surface area contributed by atoms with Gasteiger partial charge in [0, 0.05) is 0 Å². The molecule has 0 aromatic heterocycles. The van der Waals surface area contributed by atoms with E-state index in [0.717, 1.165) is 10.5 Å². The lowest BCUT2D eigenvalue weighted by atomic mass is 9.85. The quantitative estimate of drug-likeness (QED) is 0.536. The second kappa shape index (κ2) is 7.77. The summed E-state index contributed by atoms with van der Waals surface area (Å²) in [5.74, 6) is -0.534. The molecular formula is C20H26N3O4S+. The number of carbonyl (C=O) groups excluding carboxylic acids is 2. The van der Waals surface area contributed by atoms with E-state index in [2.05, 4.69) is 0 Å². The lowest BCUT2D eigenvalue weighted by Gasteiger charge is -2.33. The van der Waals surface area contributed by atoms with E-state index in [0.29, 0.717) is 45.7 Å². The van der Waals surface area contributed by atoms with Crippen molar-refractivity contribution >= 4 is 21.8 Å². The predicted molar refractivity (Wildman–Crippen MR) is 103 cm³/mol. The molecule has 0 unspecified atom stereocenters. The first-order valence-corrected chi connectivity index (χ1v) is 11.4. The van der Waals surface area contributed by atoms with Crippen LogP contribution in [0.3, 0.4) is 0 Å². The third-order valence-corrected chi connectivity index (χ3v) is 7.85. The number of amides is 2. The zero-order valence-corrected chi connectivity index (χ0v) is 16.6. The average Bonchev–Trinajstić information content (AvgIpc) is 2.94. The Morgan fingerprint density at radius 2 is 1.50 bits per heavy atom. The van der Waals surface area contributed by atoms with E-state index in [-0.39, 0.29) is 29.4 Å². The van der Waals surface area contributed by atoms with Crippen molar-refractivity contribution < 1.29 is 22.9 Å². The summed E-state index contributed by atoms with van der Waals surface area (Å²) in [6, 6.07) is 9.18. The SMILES string of the molecule is O=C1[C@H]2CC=CC[C@H]2C(=O)N1C[NH+]1CCN(S(=O)(=O)Cc2ccccc2)CC1. The first-order valence-electron chi connectivity index (χ1n) is 9.81. The Morgan fingerprint density at radius 1 is 0.929 bits per heavy atom. The van der Waals surface area contributed by atoms with Gasteiger partial charge in [0.15, 0.2) is 6.67 Å². The molecule has 150 valence electrons. The molecule has 1 aromatic carbocycles. The normalized spacial score (nSPS) is 26.6. The maximum Gasteiger partial charge on any atom is 0.237 e. The van der Waals surface area contributed by atoms with Crippen molar-refractivity contribution in [2.45, 2.75) is 18.6 Å². The Bertz CT molecular complexity index is 850. The number of nitrogens with one attached hydrogen (secondary N) is 1. The number of rotatable bonds is 5. The van der Waals surface area contributed by atoms with Crippen LogP contribution in [0.4, 0.5) is 0 Å². The number of hydrogen-bond acceptors (Lipinski definition) is 4. The molecule has 2 saturated heterocycles. The van der Waals surface area contributed by atoms with Gasteiger partial charge in [-0.25, -0.2) is 13.3 Å². The second-order valence-electron chi connectivity index (χ2n) is 7.81. The summed E-state index contributed by atoms with van der Waals surface area (Å²) >= 11 is 0. The topological polar surface area (TPSA) is 79.2 Å². The van der Waals surface area contributed by atoms with Crippen molar-refractivity contribution in [3.05, 3.63) is 48.0 Å². The van der Waals surface area contributed by atoms with Crippen LogP contribution in [0.1, 0.15) is 18.4 Å². The molecule has 0 radical (unpaired) electrons. The maximum absolute atomic E-state index is 12.7. The minimum atomic E-state index is -3.36. The molecule has 1 aromatic rings. The Balaban J connectivity index is 1.33. The Kier molecular flexibility index (Phi) is 5.35. The summed E-state index contributed by atoms with van der Waals surface area (Å²) in [6.07, 6.45) is 5.26. The standard InChI is InChI=1S/C20H25N3O4S/c24-19-17-8-4-5-9-18(17)20(25)23(19)15-21-10-12-22(13-11-21)28(26,27)14-16-6-2-1-3-7-16/h1-7,17-18H,8-15H2/p+1/t17-,18+. The van der Waals surface area contributed by atoms with Gasteiger partial charge in [0.2, 0.25) is 21.8 Å². The number of fused-ring (bicyclic) bond motifs is 1. The highest BCUT2D eigenvalue weighted by molar-refractivity contribution is 7.88. The number of hydrogen-bond donors (Lipinski definition) is 1. The van der Waals surface area contributed by atoms with Crippen molar-refractivity contribution in [3.63, 3.8) is 0 Å². The number of sulfonamides is 1. The summed E-state index contributed by atoms with van der Waals surface area (Å²) in [6.45, 7) is 2.36. The van der Waals surface area contributed by atoms with E-state index in [9.17, 15) is 18.0 Å². The van der Waals surface area contributed by atoms with E-state index in [4.69, 9.17) is 0 Å². The highest BCUT2D eigenvalue weighted by atomic mass is 32.2. The number of allylic oxidation sites excluding steroid dienone is 2. The highest BCUT2D eigenvalue weighted by Crippen LogP contribution is 2.34. The number of likely N-dealkylation sites (tertiary alicyclic amines) is 1. The minimum absolute atomic E-state index is 0.00261. The fourth-order valence-corrected chi connectivity index (χ4v) is 5.90. The molecule has 0 saturated carbocycles. The summed E-state index contributed by atoms with van der Waals surface area (Å²) in [5, 5.41) is 0. The lowest BCUT2D eigenvalue weighted by molar-refractivity contribution is -0.910. The van der Waals surface area contributed by atoms with Gasteiger partial charge in [-0.2, -0.15) is 4.31 Å². The fraction of sp³-hybridized carbons (Fsp3) is 0.500. The van der Waals surface area contributed by atoms with Crippen LogP contribution in [-0.2, 0) is 25.4 Å². The zero-order chi connectivity index (χ0) is 19.7. The highest BCUT2D eigenvalue weighted by Gasteiger charge is 2.48. The van der Waals surface area contributed by atoms with Crippen LogP contribution in [0, 0.1) is 11.8 Å². The molecule has 0 spiro atoms. The van der Waals surface area contributed by atoms with Gasteiger partial charge >= 0.3 is 0 Å². The van der Waals surface area contributed by atoms with Gasteiger partial charge in [-0.05, 0) is 18.4 Å². The Morgan fingerprint density at radius 3 is 2.07 bits per heavy atom. The van der Waals surface area contributed by atoms with E-state index in [1.54, 1.807) is 0 Å². The zero-order valence-electron chi connectivity index (χ0n) is 15.8. The number of benzene rings is 1. The lowest BCUT2D eigenvalue weighted by Crippen LogP contribution is -3.16. The molecule has 28 heavy (non-hydrogen) atoms. The molecular weight excluding hydrogens is 378 g/mol. The van der Waals surface area contributed by atoms with Gasteiger partial charge < -0.3 is 4.90 Å².